The van der Waals surface area contributed by atoms with Crippen LogP contribution in [0.4, 0.5) is 11.4 Å². The van der Waals surface area contributed by atoms with Crippen molar-refractivity contribution >= 4 is 45.7 Å². The molecule has 3 rings (SSSR count). The van der Waals surface area contributed by atoms with Crippen molar-refractivity contribution in [3.05, 3.63) is 66.7 Å². The summed E-state index contributed by atoms with van der Waals surface area (Å²) in [6, 6.07) is 20.9. The van der Waals surface area contributed by atoms with E-state index in [4.69, 9.17) is 0 Å². The second kappa shape index (κ2) is 9.58. The number of para-hydroxylation sites is 1. The molecule has 0 aromatic heterocycles. The lowest BCUT2D eigenvalue weighted by molar-refractivity contribution is -0.122. The van der Waals surface area contributed by atoms with Gasteiger partial charge in [-0.3, -0.25) is 14.5 Å². The van der Waals surface area contributed by atoms with E-state index < -0.39 is 6.04 Å². The average Bonchev–Trinajstić information content (AvgIpc) is 2.73. The maximum atomic E-state index is 12.6. The first-order valence-electron chi connectivity index (χ1n) is 9.41. The molecule has 3 aromatic carbocycles. The van der Waals surface area contributed by atoms with Crippen LogP contribution in [0.5, 0.6) is 0 Å². The first kappa shape index (κ1) is 20.9. The van der Waals surface area contributed by atoms with Crippen molar-refractivity contribution in [2.24, 2.45) is 0 Å². The molecule has 0 saturated carbocycles. The summed E-state index contributed by atoms with van der Waals surface area (Å²) >= 11 is 1.58. The lowest BCUT2D eigenvalue weighted by atomic mass is 10.1. The molecule has 0 aliphatic rings. The summed E-state index contributed by atoms with van der Waals surface area (Å²) in [5, 5.41) is 7.98. The number of likely N-dealkylation sites (N-methyl/N-ethyl adjacent to an activating group) is 1. The zero-order valence-electron chi connectivity index (χ0n) is 16.8. The van der Waals surface area contributed by atoms with Crippen LogP contribution >= 0.6 is 11.8 Å². The number of benzene rings is 3. The smallest absolute Gasteiger partial charge is 0.241 e. The van der Waals surface area contributed by atoms with E-state index in [1.807, 2.05) is 73.0 Å². The molecule has 0 radical (unpaired) electrons. The number of carbonyl (C=O) groups is 2. The van der Waals surface area contributed by atoms with Crippen LogP contribution in [0.3, 0.4) is 0 Å². The average molecular weight is 408 g/mol. The van der Waals surface area contributed by atoms with Crippen LogP contribution in [0.25, 0.3) is 10.8 Å². The molecule has 2 N–H and O–H groups in total. The number of thioether (sulfide) groups is 1. The second-order valence-corrected chi connectivity index (χ2v) is 7.70. The van der Waals surface area contributed by atoms with Crippen LogP contribution in [0.15, 0.2) is 71.6 Å². The highest BCUT2D eigenvalue weighted by atomic mass is 32.2. The summed E-state index contributed by atoms with van der Waals surface area (Å²) in [5.74, 6) is -0.306. The minimum Gasteiger partial charge on any atom is -0.324 e. The Morgan fingerprint density at radius 2 is 1.59 bits per heavy atom. The molecule has 0 fully saturated rings. The Labute approximate surface area is 175 Å². The Morgan fingerprint density at radius 1 is 0.931 bits per heavy atom. The number of nitrogens with one attached hydrogen (secondary N) is 2. The molecule has 0 saturated heterocycles. The number of nitrogens with zero attached hydrogens (tertiary/aromatic N) is 1. The molecule has 2 amide bonds. The van der Waals surface area contributed by atoms with Crippen molar-refractivity contribution in [2.45, 2.75) is 17.9 Å². The molecule has 150 valence electrons. The Kier molecular flexibility index (Phi) is 6.90. The second-order valence-electron chi connectivity index (χ2n) is 6.86. The monoisotopic (exact) mass is 407 g/mol. The molecule has 0 spiro atoms. The molecular weight excluding hydrogens is 382 g/mol. The summed E-state index contributed by atoms with van der Waals surface area (Å²) in [5.41, 5.74) is 1.55. The van der Waals surface area contributed by atoms with E-state index in [1.165, 1.54) is 0 Å². The molecule has 5 nitrogen and oxygen atoms in total. The summed E-state index contributed by atoms with van der Waals surface area (Å²) in [7, 11) is 1.77. The molecule has 0 bridgehead atoms. The lowest BCUT2D eigenvalue weighted by Gasteiger charge is -2.24. The number of rotatable bonds is 7. The summed E-state index contributed by atoms with van der Waals surface area (Å²) in [6.07, 6.45) is 1.97. The zero-order chi connectivity index (χ0) is 20.8. The van der Waals surface area contributed by atoms with E-state index in [2.05, 4.69) is 10.6 Å². The Bertz CT molecular complexity index is 1020. The Morgan fingerprint density at radius 3 is 2.38 bits per heavy atom. The first-order valence-corrected chi connectivity index (χ1v) is 10.6. The third-order valence-electron chi connectivity index (χ3n) is 4.86. The van der Waals surface area contributed by atoms with E-state index >= 15 is 0 Å². The standard InChI is InChI=1S/C23H25N3O2S/c1-16(23(28)25-20-12-6-7-14-21(20)29-3)26(2)15-22(27)24-19-13-8-10-17-9-4-5-11-18(17)19/h4-14,16H,15H2,1-3H3,(H,24,27)(H,25,28)/t16-/m0/s1. The number of anilines is 2. The van der Waals surface area contributed by atoms with Gasteiger partial charge in [0.1, 0.15) is 0 Å². The predicted molar refractivity (Wildman–Crippen MR) is 122 cm³/mol. The molecule has 0 heterocycles. The highest BCUT2D eigenvalue weighted by Gasteiger charge is 2.21. The predicted octanol–water partition coefficient (Wildman–Crippen LogP) is 4.46. The van der Waals surface area contributed by atoms with Crippen molar-refractivity contribution in [3.63, 3.8) is 0 Å². The molecule has 29 heavy (non-hydrogen) atoms. The van der Waals surface area contributed by atoms with Gasteiger partial charge in [-0.25, -0.2) is 0 Å². The topological polar surface area (TPSA) is 61.4 Å². The van der Waals surface area contributed by atoms with E-state index in [9.17, 15) is 9.59 Å². The van der Waals surface area contributed by atoms with Gasteiger partial charge in [-0.05, 0) is 43.8 Å². The first-order chi connectivity index (χ1) is 14.0. The minimum atomic E-state index is -0.455. The molecule has 0 unspecified atom stereocenters. The van der Waals surface area contributed by atoms with Gasteiger partial charge in [-0.15, -0.1) is 11.8 Å². The maximum Gasteiger partial charge on any atom is 0.241 e. The largest absolute Gasteiger partial charge is 0.324 e. The van der Waals surface area contributed by atoms with Gasteiger partial charge in [0.15, 0.2) is 0 Å². The third-order valence-corrected chi connectivity index (χ3v) is 5.66. The normalized spacial score (nSPS) is 12.0. The highest BCUT2D eigenvalue weighted by Crippen LogP contribution is 2.25. The van der Waals surface area contributed by atoms with E-state index in [1.54, 1.807) is 30.6 Å². The van der Waals surface area contributed by atoms with Crippen LogP contribution in [-0.2, 0) is 9.59 Å². The van der Waals surface area contributed by atoms with Crippen LogP contribution in [0.1, 0.15) is 6.92 Å². The molecule has 3 aromatic rings. The summed E-state index contributed by atoms with van der Waals surface area (Å²) in [6.45, 7) is 1.91. The van der Waals surface area contributed by atoms with Crippen LogP contribution in [0, 0.1) is 0 Å². The van der Waals surface area contributed by atoms with Gasteiger partial charge in [0.2, 0.25) is 11.8 Å². The molecule has 0 aliphatic carbocycles. The minimum absolute atomic E-state index is 0.113. The fraction of sp³-hybridized carbons (Fsp3) is 0.217. The van der Waals surface area contributed by atoms with Gasteiger partial charge in [-0.1, -0.05) is 48.5 Å². The lowest BCUT2D eigenvalue weighted by Crippen LogP contribution is -2.43. The van der Waals surface area contributed by atoms with Crippen molar-refractivity contribution in [1.29, 1.82) is 0 Å². The fourth-order valence-corrected chi connectivity index (χ4v) is 3.63. The number of fused-ring (bicyclic) bond motifs is 1. The van der Waals surface area contributed by atoms with E-state index in [0.29, 0.717) is 0 Å². The Balaban J connectivity index is 1.62. The molecule has 6 heteroatoms. The fourth-order valence-electron chi connectivity index (χ4n) is 3.07. The zero-order valence-corrected chi connectivity index (χ0v) is 17.6. The van der Waals surface area contributed by atoms with Crippen LogP contribution in [-0.4, -0.2) is 42.6 Å². The molecular formula is C23H25N3O2S. The van der Waals surface area contributed by atoms with Crippen molar-refractivity contribution in [1.82, 2.24) is 4.90 Å². The number of carbonyl (C=O) groups excluding carboxylic acids is 2. The van der Waals surface area contributed by atoms with Crippen LogP contribution < -0.4 is 10.6 Å². The van der Waals surface area contributed by atoms with E-state index in [-0.39, 0.29) is 18.4 Å². The van der Waals surface area contributed by atoms with Crippen molar-refractivity contribution in [3.8, 4) is 0 Å². The maximum absolute atomic E-state index is 12.6. The van der Waals surface area contributed by atoms with Gasteiger partial charge < -0.3 is 10.6 Å². The van der Waals surface area contributed by atoms with Crippen molar-refractivity contribution in [2.75, 3.05) is 30.5 Å². The molecule has 0 aliphatic heterocycles. The van der Waals surface area contributed by atoms with Gasteiger partial charge in [0.25, 0.3) is 0 Å². The summed E-state index contributed by atoms with van der Waals surface area (Å²) < 4.78 is 0. The van der Waals surface area contributed by atoms with Gasteiger partial charge in [0, 0.05) is 16.0 Å². The van der Waals surface area contributed by atoms with Gasteiger partial charge >= 0.3 is 0 Å². The SMILES string of the molecule is CSc1ccccc1NC(=O)[C@H](C)N(C)CC(=O)Nc1cccc2ccccc12. The third kappa shape index (κ3) is 5.16. The Hall–Kier alpha value is -2.83. The van der Waals surface area contributed by atoms with E-state index in [0.717, 1.165) is 27.0 Å². The quantitative estimate of drug-likeness (QED) is 0.568. The van der Waals surface area contributed by atoms with Crippen molar-refractivity contribution < 1.29 is 9.59 Å². The van der Waals surface area contributed by atoms with Gasteiger partial charge in [-0.2, -0.15) is 0 Å². The number of hydrogen-bond donors (Lipinski definition) is 2. The number of amides is 2. The number of hydrogen-bond acceptors (Lipinski definition) is 4. The van der Waals surface area contributed by atoms with Crippen LogP contribution in [0.2, 0.25) is 0 Å². The molecule has 1 atom stereocenters. The highest BCUT2D eigenvalue weighted by molar-refractivity contribution is 7.98. The van der Waals surface area contributed by atoms with Gasteiger partial charge in [0.05, 0.1) is 18.3 Å². The summed E-state index contributed by atoms with van der Waals surface area (Å²) in [4.78, 5) is 27.9.